The minimum absolute atomic E-state index is 0.399. The van der Waals surface area contributed by atoms with Gasteiger partial charge in [0, 0.05) is 26.1 Å². The average Bonchev–Trinajstić information content (AvgIpc) is 3.03. The molecule has 0 aliphatic heterocycles. The summed E-state index contributed by atoms with van der Waals surface area (Å²) >= 11 is 6.33. The normalized spacial score (nSPS) is 12.8. The monoisotopic (exact) mass is 295 g/mol. The Morgan fingerprint density at radius 3 is 2.90 bits per heavy atom. The van der Waals surface area contributed by atoms with Gasteiger partial charge in [0.2, 0.25) is 0 Å². The van der Waals surface area contributed by atoms with Gasteiger partial charge in [0.1, 0.15) is 5.76 Å². The van der Waals surface area contributed by atoms with Gasteiger partial charge in [-0.2, -0.15) is 5.10 Å². The van der Waals surface area contributed by atoms with E-state index in [1.54, 1.807) is 6.26 Å². The topological polar surface area (TPSA) is 43.0 Å². The van der Waals surface area contributed by atoms with Crippen LogP contribution in [0.15, 0.2) is 22.8 Å². The quantitative estimate of drug-likeness (QED) is 0.852. The van der Waals surface area contributed by atoms with E-state index in [1.165, 1.54) is 0 Å². The highest BCUT2D eigenvalue weighted by Gasteiger charge is 2.13. The molecule has 0 aliphatic carbocycles. The predicted octanol–water partition coefficient (Wildman–Crippen LogP) is 3.34. The van der Waals surface area contributed by atoms with E-state index in [9.17, 15) is 0 Å². The number of hydrogen-bond donors (Lipinski definition) is 1. The second kappa shape index (κ2) is 6.95. The zero-order chi connectivity index (χ0) is 14.5. The van der Waals surface area contributed by atoms with Crippen LogP contribution in [0.5, 0.6) is 0 Å². The summed E-state index contributed by atoms with van der Waals surface area (Å²) in [7, 11) is 1.94. The van der Waals surface area contributed by atoms with Crippen LogP contribution in [0, 0.1) is 0 Å². The third kappa shape index (κ3) is 3.64. The Labute approximate surface area is 125 Å². The smallest absolute Gasteiger partial charge is 0.103 e. The number of nitrogens with zero attached hydrogens (tertiary/aromatic N) is 2. The van der Waals surface area contributed by atoms with E-state index in [1.807, 2.05) is 23.9 Å². The summed E-state index contributed by atoms with van der Waals surface area (Å²) in [4.78, 5) is 0. The molecule has 2 aromatic heterocycles. The van der Waals surface area contributed by atoms with Crippen LogP contribution in [0.3, 0.4) is 0 Å². The van der Waals surface area contributed by atoms with Crippen LogP contribution < -0.4 is 5.32 Å². The Morgan fingerprint density at radius 1 is 1.50 bits per heavy atom. The summed E-state index contributed by atoms with van der Waals surface area (Å²) in [5.74, 6) is 1.03. The molecule has 1 N–H and O–H groups in total. The summed E-state index contributed by atoms with van der Waals surface area (Å²) in [6.07, 6.45) is 4.56. The van der Waals surface area contributed by atoms with Gasteiger partial charge in [-0.25, -0.2) is 0 Å². The largest absolute Gasteiger partial charge is 0.469 e. The fourth-order valence-electron chi connectivity index (χ4n) is 2.20. The van der Waals surface area contributed by atoms with Gasteiger partial charge in [0.15, 0.2) is 0 Å². The zero-order valence-electron chi connectivity index (χ0n) is 12.3. The molecule has 4 nitrogen and oxygen atoms in total. The standard InChI is InChI=1S/C15H22ClN3O/c1-4-13-15(16)14(19(3)18-13)10-17-11(2)7-8-12-6-5-9-20-12/h5-6,9,11,17H,4,7-8,10H2,1-3H3. The van der Waals surface area contributed by atoms with Crippen molar-refractivity contribution >= 4 is 11.6 Å². The first-order valence-corrected chi connectivity index (χ1v) is 7.45. The van der Waals surface area contributed by atoms with E-state index in [-0.39, 0.29) is 0 Å². The van der Waals surface area contributed by atoms with Gasteiger partial charge in [0.25, 0.3) is 0 Å². The minimum atomic E-state index is 0.399. The second-order valence-electron chi connectivity index (χ2n) is 5.08. The fourth-order valence-corrected chi connectivity index (χ4v) is 2.56. The third-order valence-electron chi connectivity index (χ3n) is 3.52. The SMILES string of the molecule is CCc1nn(C)c(CNC(C)CCc2ccco2)c1Cl. The van der Waals surface area contributed by atoms with E-state index in [2.05, 4.69) is 24.3 Å². The Hall–Kier alpha value is -1.26. The van der Waals surface area contributed by atoms with Crippen molar-refractivity contribution in [2.24, 2.45) is 7.05 Å². The summed E-state index contributed by atoms with van der Waals surface area (Å²) < 4.78 is 7.21. The first-order chi connectivity index (χ1) is 9.61. The van der Waals surface area contributed by atoms with E-state index in [4.69, 9.17) is 16.0 Å². The number of furan rings is 1. The molecule has 0 aliphatic rings. The highest BCUT2D eigenvalue weighted by molar-refractivity contribution is 6.31. The van der Waals surface area contributed by atoms with Crippen LogP contribution in [-0.2, 0) is 26.4 Å². The molecule has 0 saturated carbocycles. The predicted molar refractivity (Wildman–Crippen MR) is 80.9 cm³/mol. The van der Waals surface area contributed by atoms with Crippen molar-refractivity contribution in [1.82, 2.24) is 15.1 Å². The van der Waals surface area contributed by atoms with Gasteiger partial charge in [0.05, 0.1) is 22.7 Å². The molecule has 0 spiro atoms. The molecule has 1 unspecified atom stereocenters. The maximum Gasteiger partial charge on any atom is 0.103 e. The molecule has 1 atom stereocenters. The number of nitrogens with one attached hydrogen (secondary N) is 1. The van der Waals surface area contributed by atoms with Gasteiger partial charge in [-0.3, -0.25) is 4.68 Å². The number of hydrogen-bond acceptors (Lipinski definition) is 3. The van der Waals surface area contributed by atoms with Crippen LogP contribution in [0.25, 0.3) is 0 Å². The molecule has 2 heterocycles. The number of aryl methyl sites for hydroxylation is 3. The van der Waals surface area contributed by atoms with Crippen LogP contribution in [0.4, 0.5) is 0 Å². The first kappa shape index (κ1) is 15.1. The first-order valence-electron chi connectivity index (χ1n) is 7.07. The highest BCUT2D eigenvalue weighted by Crippen LogP contribution is 2.20. The van der Waals surface area contributed by atoms with Crippen molar-refractivity contribution in [2.75, 3.05) is 0 Å². The third-order valence-corrected chi connectivity index (χ3v) is 3.96. The lowest BCUT2D eigenvalue weighted by molar-refractivity contribution is 0.455. The molecule has 0 saturated heterocycles. The van der Waals surface area contributed by atoms with Crippen LogP contribution in [0.1, 0.15) is 37.4 Å². The van der Waals surface area contributed by atoms with Crippen molar-refractivity contribution < 1.29 is 4.42 Å². The molecule has 2 aromatic rings. The molecule has 5 heteroatoms. The highest BCUT2D eigenvalue weighted by atomic mass is 35.5. The average molecular weight is 296 g/mol. The number of aromatic nitrogens is 2. The van der Waals surface area contributed by atoms with Crippen molar-refractivity contribution in [2.45, 2.75) is 45.7 Å². The van der Waals surface area contributed by atoms with Crippen molar-refractivity contribution in [3.8, 4) is 0 Å². The summed E-state index contributed by atoms with van der Waals surface area (Å²) in [5, 5.41) is 8.71. The maximum absolute atomic E-state index is 6.33. The van der Waals surface area contributed by atoms with Gasteiger partial charge in [-0.05, 0) is 31.9 Å². The van der Waals surface area contributed by atoms with Crippen LogP contribution in [-0.4, -0.2) is 15.8 Å². The Balaban J connectivity index is 1.84. The van der Waals surface area contributed by atoms with Crippen molar-refractivity contribution in [3.05, 3.63) is 40.6 Å². The second-order valence-corrected chi connectivity index (χ2v) is 5.46. The molecule has 20 heavy (non-hydrogen) atoms. The molecule has 0 amide bonds. The Bertz CT molecular complexity index is 534. The summed E-state index contributed by atoms with van der Waals surface area (Å²) in [6.45, 7) is 4.98. The number of halogens is 1. The number of rotatable bonds is 7. The fraction of sp³-hybridized carbons (Fsp3) is 0.533. The molecular weight excluding hydrogens is 274 g/mol. The Morgan fingerprint density at radius 2 is 2.30 bits per heavy atom. The molecule has 0 radical (unpaired) electrons. The molecule has 0 bridgehead atoms. The zero-order valence-corrected chi connectivity index (χ0v) is 13.1. The van der Waals surface area contributed by atoms with Crippen LogP contribution in [0.2, 0.25) is 5.02 Å². The lowest BCUT2D eigenvalue weighted by Gasteiger charge is -2.13. The molecule has 2 rings (SSSR count). The van der Waals surface area contributed by atoms with Gasteiger partial charge in [-0.15, -0.1) is 0 Å². The van der Waals surface area contributed by atoms with E-state index >= 15 is 0 Å². The minimum Gasteiger partial charge on any atom is -0.469 e. The van der Waals surface area contributed by atoms with E-state index in [0.717, 1.165) is 48.0 Å². The lowest BCUT2D eigenvalue weighted by atomic mass is 10.1. The van der Waals surface area contributed by atoms with Crippen molar-refractivity contribution in [1.29, 1.82) is 0 Å². The van der Waals surface area contributed by atoms with Gasteiger partial charge < -0.3 is 9.73 Å². The van der Waals surface area contributed by atoms with Crippen LogP contribution >= 0.6 is 11.6 Å². The van der Waals surface area contributed by atoms with Crippen molar-refractivity contribution in [3.63, 3.8) is 0 Å². The molecular formula is C15H22ClN3O. The molecule has 110 valence electrons. The van der Waals surface area contributed by atoms with Gasteiger partial charge >= 0.3 is 0 Å². The lowest BCUT2D eigenvalue weighted by Crippen LogP contribution is -2.27. The Kier molecular flexibility index (Phi) is 5.26. The molecule has 0 fully saturated rings. The van der Waals surface area contributed by atoms with Gasteiger partial charge in [-0.1, -0.05) is 18.5 Å². The molecule has 0 aromatic carbocycles. The van der Waals surface area contributed by atoms with E-state index < -0.39 is 0 Å². The van der Waals surface area contributed by atoms with E-state index in [0.29, 0.717) is 6.04 Å². The summed E-state index contributed by atoms with van der Waals surface area (Å²) in [5.41, 5.74) is 2.02. The summed E-state index contributed by atoms with van der Waals surface area (Å²) in [6, 6.07) is 4.34. The maximum atomic E-state index is 6.33.